The number of ether oxygens (including phenoxy) is 1. The van der Waals surface area contributed by atoms with Crippen molar-refractivity contribution in [1.29, 1.82) is 5.41 Å². The molecule has 0 unspecified atom stereocenters. The Morgan fingerprint density at radius 2 is 1.94 bits per heavy atom. The van der Waals surface area contributed by atoms with Gasteiger partial charge < -0.3 is 26.1 Å². The molecule has 1 saturated heterocycles. The number of piperidine rings is 1. The minimum absolute atomic E-state index is 0.0437. The molecule has 0 spiro atoms. The second-order valence-electron chi connectivity index (χ2n) is 7.22. The van der Waals surface area contributed by atoms with Crippen LogP contribution >= 0.6 is 11.6 Å². The van der Waals surface area contributed by atoms with Crippen molar-refractivity contribution in [3.05, 3.63) is 46.2 Å². The Hall–Kier alpha value is -2.52. The number of benzene rings is 1. The standard InChI is InChI=1S/C21H27ClF2N4O3/c1-2-16(25)18(19(26)27-9-12-28-10-7-21(23,24)8-11-28)20(30)31-13-17(29)14-5-3-4-6-15(14)22/h3-6,25,27H,2,7-13,26H2,1H3/b19-18+,25-16?. The highest BCUT2D eigenvalue weighted by atomic mass is 35.5. The minimum atomic E-state index is -2.61. The number of ketones is 1. The Bertz CT molecular complexity index is 851. The molecule has 1 aliphatic heterocycles. The van der Waals surface area contributed by atoms with Gasteiger partial charge >= 0.3 is 5.97 Å². The number of esters is 1. The molecule has 10 heteroatoms. The lowest BCUT2D eigenvalue weighted by atomic mass is 10.1. The van der Waals surface area contributed by atoms with E-state index < -0.39 is 24.3 Å². The number of rotatable bonds is 10. The first-order valence-corrected chi connectivity index (χ1v) is 10.4. The molecule has 1 aliphatic rings. The number of hydrogen-bond donors (Lipinski definition) is 3. The molecule has 2 rings (SSSR count). The Morgan fingerprint density at radius 1 is 1.29 bits per heavy atom. The average molecular weight is 457 g/mol. The van der Waals surface area contributed by atoms with E-state index in [4.69, 9.17) is 27.5 Å². The summed E-state index contributed by atoms with van der Waals surface area (Å²) < 4.78 is 31.5. The molecule has 0 amide bonds. The van der Waals surface area contributed by atoms with E-state index in [1.807, 2.05) is 4.90 Å². The molecular weight excluding hydrogens is 430 g/mol. The average Bonchev–Trinajstić information content (AvgIpc) is 2.73. The molecule has 0 saturated carbocycles. The largest absolute Gasteiger partial charge is 0.454 e. The van der Waals surface area contributed by atoms with Crippen LogP contribution in [0.5, 0.6) is 0 Å². The third-order valence-corrected chi connectivity index (χ3v) is 5.30. The van der Waals surface area contributed by atoms with Crippen molar-refractivity contribution < 1.29 is 23.1 Å². The van der Waals surface area contributed by atoms with Crippen LogP contribution in [0.3, 0.4) is 0 Å². The number of likely N-dealkylation sites (tertiary alicyclic amines) is 1. The first-order valence-electron chi connectivity index (χ1n) is 10.0. The quantitative estimate of drug-likeness (QED) is 0.216. The molecular formula is C21H27ClF2N4O3. The predicted molar refractivity (Wildman–Crippen MR) is 115 cm³/mol. The van der Waals surface area contributed by atoms with Gasteiger partial charge in [0, 0.05) is 50.3 Å². The molecule has 7 nitrogen and oxygen atoms in total. The number of carbonyl (C=O) groups excluding carboxylic acids is 2. The van der Waals surface area contributed by atoms with E-state index in [1.165, 1.54) is 6.07 Å². The van der Waals surface area contributed by atoms with E-state index >= 15 is 0 Å². The second-order valence-corrected chi connectivity index (χ2v) is 7.63. The third-order valence-electron chi connectivity index (χ3n) is 4.97. The van der Waals surface area contributed by atoms with E-state index in [1.54, 1.807) is 25.1 Å². The maximum Gasteiger partial charge on any atom is 0.344 e. The highest BCUT2D eigenvalue weighted by Gasteiger charge is 2.33. The number of nitrogens with one attached hydrogen (secondary N) is 2. The topological polar surface area (TPSA) is 109 Å². The van der Waals surface area contributed by atoms with Crippen LogP contribution in [0.4, 0.5) is 8.78 Å². The van der Waals surface area contributed by atoms with Crippen LogP contribution in [0.25, 0.3) is 0 Å². The van der Waals surface area contributed by atoms with Crippen LogP contribution in [-0.4, -0.2) is 61.1 Å². The summed E-state index contributed by atoms with van der Waals surface area (Å²) in [5.41, 5.74) is 6.01. The summed E-state index contributed by atoms with van der Waals surface area (Å²) in [5.74, 6) is -4.04. The highest BCUT2D eigenvalue weighted by Crippen LogP contribution is 2.27. The number of carbonyl (C=O) groups is 2. The van der Waals surface area contributed by atoms with E-state index in [9.17, 15) is 18.4 Å². The fourth-order valence-corrected chi connectivity index (χ4v) is 3.32. The van der Waals surface area contributed by atoms with Crippen LogP contribution in [0.2, 0.25) is 5.02 Å². The lowest BCUT2D eigenvalue weighted by Gasteiger charge is -2.31. The monoisotopic (exact) mass is 456 g/mol. The Kier molecular flexibility index (Phi) is 8.94. The van der Waals surface area contributed by atoms with Crippen molar-refractivity contribution in [3.63, 3.8) is 0 Å². The van der Waals surface area contributed by atoms with Crippen LogP contribution in [0.15, 0.2) is 35.7 Å². The summed E-state index contributed by atoms with van der Waals surface area (Å²) in [6.07, 6.45) is -0.141. The molecule has 1 aromatic rings. The van der Waals surface area contributed by atoms with Crippen molar-refractivity contribution in [2.75, 3.05) is 32.8 Å². The zero-order chi connectivity index (χ0) is 23.0. The van der Waals surface area contributed by atoms with Gasteiger partial charge in [-0.05, 0) is 18.6 Å². The van der Waals surface area contributed by atoms with E-state index in [2.05, 4.69) is 5.32 Å². The molecule has 0 aromatic heterocycles. The van der Waals surface area contributed by atoms with Gasteiger partial charge in [0.25, 0.3) is 5.92 Å². The molecule has 31 heavy (non-hydrogen) atoms. The Balaban J connectivity index is 1.95. The molecule has 0 bridgehead atoms. The normalized spacial score (nSPS) is 16.9. The van der Waals surface area contributed by atoms with Gasteiger partial charge in [-0.15, -0.1) is 0 Å². The molecule has 0 atom stereocenters. The van der Waals surface area contributed by atoms with Crippen molar-refractivity contribution in [2.45, 2.75) is 32.1 Å². The summed E-state index contributed by atoms with van der Waals surface area (Å²) >= 11 is 5.98. The minimum Gasteiger partial charge on any atom is -0.454 e. The Labute approximate surface area is 185 Å². The molecule has 4 N–H and O–H groups in total. The maximum atomic E-state index is 13.2. The van der Waals surface area contributed by atoms with Crippen molar-refractivity contribution >= 4 is 29.1 Å². The summed E-state index contributed by atoms with van der Waals surface area (Å²) in [6.45, 7) is 2.47. The van der Waals surface area contributed by atoms with Gasteiger partial charge in [-0.25, -0.2) is 13.6 Å². The van der Waals surface area contributed by atoms with E-state index in [-0.39, 0.29) is 60.0 Å². The van der Waals surface area contributed by atoms with E-state index in [0.29, 0.717) is 13.1 Å². The number of nitrogens with two attached hydrogens (primary N) is 1. The van der Waals surface area contributed by atoms with Gasteiger partial charge in [-0.3, -0.25) is 4.79 Å². The number of hydrogen-bond acceptors (Lipinski definition) is 7. The van der Waals surface area contributed by atoms with Gasteiger partial charge in [0.2, 0.25) is 5.78 Å². The van der Waals surface area contributed by atoms with Crippen molar-refractivity contribution in [3.8, 4) is 0 Å². The molecule has 1 heterocycles. The molecule has 0 aliphatic carbocycles. The fourth-order valence-electron chi connectivity index (χ4n) is 3.08. The lowest BCUT2D eigenvalue weighted by molar-refractivity contribution is -0.137. The molecule has 1 aromatic carbocycles. The molecule has 1 fully saturated rings. The third kappa shape index (κ3) is 7.29. The van der Waals surface area contributed by atoms with Crippen molar-refractivity contribution in [1.82, 2.24) is 10.2 Å². The number of alkyl halides is 2. The number of halogens is 3. The van der Waals surface area contributed by atoms with Crippen LogP contribution < -0.4 is 11.1 Å². The summed E-state index contributed by atoms with van der Waals surface area (Å²) in [6, 6.07) is 6.40. The van der Waals surface area contributed by atoms with Gasteiger partial charge in [0.05, 0.1) is 5.02 Å². The van der Waals surface area contributed by atoms with Crippen LogP contribution in [0, 0.1) is 5.41 Å². The zero-order valence-corrected chi connectivity index (χ0v) is 18.1. The van der Waals surface area contributed by atoms with Gasteiger partial charge in [-0.2, -0.15) is 0 Å². The zero-order valence-electron chi connectivity index (χ0n) is 17.3. The van der Waals surface area contributed by atoms with Gasteiger partial charge in [0.1, 0.15) is 11.4 Å². The second kappa shape index (κ2) is 11.2. The summed E-state index contributed by atoms with van der Waals surface area (Å²) in [5, 5.41) is 11.1. The van der Waals surface area contributed by atoms with Crippen LogP contribution in [0.1, 0.15) is 36.5 Å². The lowest BCUT2D eigenvalue weighted by Crippen LogP contribution is -2.43. The SMILES string of the molecule is CCC(=N)/C(C(=O)OCC(=O)c1ccccc1Cl)=C(/N)NCCN1CCC(F)(F)CC1. The van der Waals surface area contributed by atoms with Crippen LogP contribution in [-0.2, 0) is 9.53 Å². The van der Waals surface area contributed by atoms with E-state index in [0.717, 1.165) is 0 Å². The first kappa shape index (κ1) is 24.7. The summed E-state index contributed by atoms with van der Waals surface area (Å²) in [7, 11) is 0. The fraction of sp³-hybridized carbons (Fsp3) is 0.476. The molecule has 170 valence electrons. The maximum absolute atomic E-state index is 13.2. The number of Topliss-reactive ketones (excluding diaryl/α,β-unsaturated/α-hetero) is 1. The first-order chi connectivity index (χ1) is 14.6. The Morgan fingerprint density at radius 3 is 2.55 bits per heavy atom. The van der Waals surface area contributed by atoms with Gasteiger partial charge in [0.15, 0.2) is 6.61 Å². The predicted octanol–water partition coefficient (Wildman–Crippen LogP) is 2.99. The smallest absolute Gasteiger partial charge is 0.344 e. The van der Waals surface area contributed by atoms with Gasteiger partial charge in [-0.1, -0.05) is 30.7 Å². The number of nitrogens with zero attached hydrogens (tertiary/aromatic N) is 1. The summed E-state index contributed by atoms with van der Waals surface area (Å²) in [4.78, 5) is 26.7. The molecule has 0 radical (unpaired) electrons. The highest BCUT2D eigenvalue weighted by molar-refractivity contribution is 6.34. The van der Waals surface area contributed by atoms with Crippen molar-refractivity contribution in [2.24, 2.45) is 5.73 Å².